The minimum absolute atomic E-state index is 0.0273. The summed E-state index contributed by atoms with van der Waals surface area (Å²) in [6, 6.07) is 5.34. The first-order chi connectivity index (χ1) is 15.7. The second kappa shape index (κ2) is 8.15. The Balaban J connectivity index is 1.27. The zero-order valence-corrected chi connectivity index (χ0v) is 19.6. The molecule has 33 heavy (non-hydrogen) atoms. The molecule has 0 radical (unpaired) electrons. The molecular formula is C25H33N5O3. The molecule has 0 aromatic carbocycles. The first kappa shape index (κ1) is 21.9. The minimum Gasteiger partial charge on any atom is -0.352 e. The normalized spacial score (nSPS) is 27.8. The molecular weight excluding hydrogens is 418 g/mol. The molecule has 3 saturated carbocycles. The maximum atomic E-state index is 13.1. The number of pyridine rings is 1. The van der Waals surface area contributed by atoms with E-state index >= 15 is 0 Å². The SMILES string of the molecule is CC(=O)NC1CCN(C(=O)c2cn3c(C(=O)NC[C@@H]4CC[C@H]5C[C@H]4C5(C)C)cccc3n2)C1. The van der Waals surface area contributed by atoms with Crippen molar-refractivity contribution in [3.63, 3.8) is 0 Å². The van der Waals surface area contributed by atoms with E-state index in [4.69, 9.17) is 0 Å². The van der Waals surface area contributed by atoms with Gasteiger partial charge in [0.25, 0.3) is 11.8 Å². The number of imidazole rings is 1. The Morgan fingerprint density at radius 3 is 2.73 bits per heavy atom. The number of nitrogens with one attached hydrogen (secondary N) is 2. The second-order valence-corrected chi connectivity index (χ2v) is 10.6. The highest BCUT2D eigenvalue weighted by molar-refractivity contribution is 5.95. The lowest BCUT2D eigenvalue weighted by molar-refractivity contribution is -0.119. The summed E-state index contributed by atoms with van der Waals surface area (Å²) in [4.78, 5) is 43.6. The quantitative estimate of drug-likeness (QED) is 0.730. The van der Waals surface area contributed by atoms with Crippen LogP contribution in [0, 0.1) is 23.2 Å². The molecule has 8 heteroatoms. The molecule has 176 valence electrons. The molecule has 0 spiro atoms. The lowest BCUT2D eigenvalue weighted by Gasteiger charge is -2.60. The third kappa shape index (κ3) is 3.89. The fourth-order valence-corrected chi connectivity index (χ4v) is 6.33. The van der Waals surface area contributed by atoms with E-state index in [1.54, 1.807) is 33.7 Å². The number of fused-ring (bicyclic) bond motifs is 3. The van der Waals surface area contributed by atoms with Crippen molar-refractivity contribution in [3.05, 3.63) is 35.8 Å². The number of rotatable bonds is 5. The van der Waals surface area contributed by atoms with Crippen LogP contribution in [0.25, 0.3) is 5.65 Å². The molecule has 2 aromatic heterocycles. The van der Waals surface area contributed by atoms with Crippen molar-refractivity contribution in [2.24, 2.45) is 23.2 Å². The van der Waals surface area contributed by atoms with Crippen molar-refractivity contribution < 1.29 is 14.4 Å². The van der Waals surface area contributed by atoms with Crippen LogP contribution in [0.3, 0.4) is 0 Å². The van der Waals surface area contributed by atoms with Gasteiger partial charge in [0.2, 0.25) is 5.91 Å². The van der Waals surface area contributed by atoms with E-state index < -0.39 is 0 Å². The van der Waals surface area contributed by atoms with Gasteiger partial charge < -0.3 is 15.5 Å². The Kier molecular flexibility index (Phi) is 5.41. The molecule has 8 nitrogen and oxygen atoms in total. The molecule has 1 aliphatic heterocycles. The highest BCUT2D eigenvalue weighted by Gasteiger charge is 2.53. The van der Waals surface area contributed by atoms with Crippen LogP contribution >= 0.6 is 0 Å². The number of aromatic nitrogens is 2. The lowest BCUT2D eigenvalue weighted by Crippen LogP contribution is -2.54. The summed E-state index contributed by atoms with van der Waals surface area (Å²) in [5.74, 6) is 1.65. The van der Waals surface area contributed by atoms with E-state index in [0.717, 1.165) is 12.3 Å². The summed E-state index contributed by atoms with van der Waals surface area (Å²) in [6.45, 7) is 7.95. The number of hydrogen-bond acceptors (Lipinski definition) is 4. The summed E-state index contributed by atoms with van der Waals surface area (Å²) < 4.78 is 1.70. The molecule has 3 aliphatic carbocycles. The minimum atomic E-state index is -0.179. The third-order valence-electron chi connectivity index (χ3n) is 8.35. The Hall–Kier alpha value is -2.90. The van der Waals surface area contributed by atoms with E-state index in [0.29, 0.717) is 53.9 Å². The topological polar surface area (TPSA) is 95.8 Å². The molecule has 1 unspecified atom stereocenters. The number of carbonyl (C=O) groups is 3. The van der Waals surface area contributed by atoms with Crippen molar-refractivity contribution in [1.82, 2.24) is 24.9 Å². The Morgan fingerprint density at radius 1 is 1.18 bits per heavy atom. The largest absolute Gasteiger partial charge is 0.352 e. The van der Waals surface area contributed by atoms with Crippen molar-refractivity contribution in [3.8, 4) is 0 Å². The van der Waals surface area contributed by atoms with E-state index in [9.17, 15) is 14.4 Å². The first-order valence-electron chi connectivity index (χ1n) is 12.1. The number of carbonyl (C=O) groups excluding carboxylic acids is 3. The summed E-state index contributed by atoms with van der Waals surface area (Å²) in [7, 11) is 0. The van der Waals surface area contributed by atoms with Crippen molar-refractivity contribution in [2.45, 2.75) is 52.5 Å². The number of amides is 3. The lowest BCUT2D eigenvalue weighted by atomic mass is 9.45. The number of hydrogen-bond donors (Lipinski definition) is 2. The van der Waals surface area contributed by atoms with Crippen molar-refractivity contribution in [2.75, 3.05) is 19.6 Å². The Morgan fingerprint density at radius 2 is 2.00 bits per heavy atom. The Labute approximate surface area is 194 Å². The van der Waals surface area contributed by atoms with Gasteiger partial charge in [-0.1, -0.05) is 19.9 Å². The van der Waals surface area contributed by atoms with Gasteiger partial charge in [-0.05, 0) is 61.0 Å². The van der Waals surface area contributed by atoms with E-state index in [1.165, 1.54) is 26.2 Å². The van der Waals surface area contributed by atoms with Gasteiger partial charge in [-0.25, -0.2) is 4.98 Å². The highest BCUT2D eigenvalue weighted by atomic mass is 16.2. The van der Waals surface area contributed by atoms with Gasteiger partial charge in [-0.2, -0.15) is 0 Å². The van der Waals surface area contributed by atoms with E-state index in [-0.39, 0.29) is 23.8 Å². The van der Waals surface area contributed by atoms with Crippen LogP contribution in [0.1, 0.15) is 67.4 Å². The van der Waals surface area contributed by atoms with Gasteiger partial charge in [0.1, 0.15) is 17.0 Å². The molecule has 1 saturated heterocycles. The van der Waals surface area contributed by atoms with Crippen molar-refractivity contribution >= 4 is 23.4 Å². The van der Waals surface area contributed by atoms with Crippen molar-refractivity contribution in [1.29, 1.82) is 0 Å². The molecule has 2 bridgehead atoms. The molecule has 2 N–H and O–H groups in total. The summed E-state index contributed by atoms with van der Waals surface area (Å²) in [6.07, 6.45) is 6.11. The number of likely N-dealkylation sites (tertiary alicyclic amines) is 1. The van der Waals surface area contributed by atoms with Crippen LogP contribution in [0.4, 0.5) is 0 Å². The molecule has 6 rings (SSSR count). The number of nitrogens with zero attached hydrogens (tertiary/aromatic N) is 3. The predicted molar refractivity (Wildman–Crippen MR) is 124 cm³/mol. The van der Waals surface area contributed by atoms with Crippen LogP contribution in [0.5, 0.6) is 0 Å². The first-order valence-corrected chi connectivity index (χ1v) is 12.1. The molecule has 4 atom stereocenters. The smallest absolute Gasteiger partial charge is 0.274 e. The maximum Gasteiger partial charge on any atom is 0.274 e. The Bertz CT molecular complexity index is 1100. The molecule has 3 amide bonds. The summed E-state index contributed by atoms with van der Waals surface area (Å²) in [5, 5.41) is 6.02. The van der Waals surface area contributed by atoms with Crippen LogP contribution in [-0.4, -0.2) is 57.7 Å². The monoisotopic (exact) mass is 451 g/mol. The summed E-state index contributed by atoms with van der Waals surface area (Å²) >= 11 is 0. The second-order valence-electron chi connectivity index (χ2n) is 10.6. The molecule has 4 aliphatic rings. The fraction of sp³-hybridized carbons (Fsp3) is 0.600. The van der Waals surface area contributed by atoms with Gasteiger partial charge in [0, 0.05) is 38.8 Å². The predicted octanol–water partition coefficient (Wildman–Crippen LogP) is 2.49. The average molecular weight is 452 g/mol. The van der Waals surface area contributed by atoms with Crippen LogP contribution in [0.15, 0.2) is 24.4 Å². The van der Waals surface area contributed by atoms with Gasteiger partial charge in [-0.3, -0.25) is 18.8 Å². The zero-order valence-electron chi connectivity index (χ0n) is 19.6. The standard InChI is InChI=1S/C25H33N5O3/c1-15(31)27-18-9-10-29(13-18)24(33)20-14-30-21(5-4-6-22(30)28-20)23(32)26-12-16-7-8-17-11-19(16)25(17,2)3/h4-6,14,16-19H,7-13H2,1-3H3,(H,26,32)(H,27,31)/t16-,17-,18?,19+/m0/s1. The highest BCUT2D eigenvalue weighted by Crippen LogP contribution is 2.61. The summed E-state index contributed by atoms with van der Waals surface area (Å²) in [5.41, 5.74) is 1.76. The van der Waals surface area contributed by atoms with Gasteiger partial charge in [0.15, 0.2) is 0 Å². The van der Waals surface area contributed by atoms with Crippen LogP contribution in [0.2, 0.25) is 0 Å². The zero-order chi connectivity index (χ0) is 23.3. The molecule has 2 aromatic rings. The van der Waals surface area contributed by atoms with E-state index in [2.05, 4.69) is 29.5 Å². The third-order valence-corrected chi connectivity index (χ3v) is 8.35. The average Bonchev–Trinajstić information content (AvgIpc) is 3.43. The van der Waals surface area contributed by atoms with Crippen LogP contribution in [-0.2, 0) is 4.79 Å². The van der Waals surface area contributed by atoms with Gasteiger partial charge in [0.05, 0.1) is 0 Å². The van der Waals surface area contributed by atoms with Crippen LogP contribution < -0.4 is 10.6 Å². The van der Waals surface area contributed by atoms with Gasteiger partial charge >= 0.3 is 0 Å². The maximum absolute atomic E-state index is 13.1. The molecule has 4 fully saturated rings. The molecule has 3 heterocycles. The fourth-order valence-electron chi connectivity index (χ4n) is 6.33. The van der Waals surface area contributed by atoms with Gasteiger partial charge in [-0.15, -0.1) is 0 Å². The van der Waals surface area contributed by atoms with E-state index in [1.807, 2.05) is 0 Å².